The van der Waals surface area contributed by atoms with Gasteiger partial charge in [0.1, 0.15) is 5.82 Å². The van der Waals surface area contributed by atoms with Crippen LogP contribution in [0.15, 0.2) is 36.4 Å². The van der Waals surface area contributed by atoms with Crippen molar-refractivity contribution in [3.05, 3.63) is 47.7 Å². The van der Waals surface area contributed by atoms with E-state index in [1.54, 1.807) is 6.92 Å². The lowest BCUT2D eigenvalue weighted by Crippen LogP contribution is -2.44. The molecule has 2 aliphatic rings. The molecule has 0 spiro atoms. The number of piperidine rings is 1. The Balaban J connectivity index is 1.75. The smallest absolute Gasteiger partial charge is 0.242 e. The van der Waals surface area contributed by atoms with Gasteiger partial charge in [-0.15, -0.1) is 0 Å². The van der Waals surface area contributed by atoms with E-state index in [4.69, 9.17) is 10.8 Å². The fourth-order valence-corrected chi connectivity index (χ4v) is 4.62. The molecule has 0 radical (unpaired) electrons. The Labute approximate surface area is 179 Å². The number of benzene rings is 1. The van der Waals surface area contributed by atoms with E-state index in [0.29, 0.717) is 0 Å². The summed E-state index contributed by atoms with van der Waals surface area (Å²) < 4.78 is 1.95. The first kappa shape index (κ1) is 21.1. The van der Waals surface area contributed by atoms with Gasteiger partial charge in [-0.2, -0.15) is 5.10 Å². The van der Waals surface area contributed by atoms with Crippen LogP contribution < -0.4 is 11.1 Å². The number of nitrogens with two attached hydrogens (primary N) is 1. The number of aromatic nitrogens is 2. The van der Waals surface area contributed by atoms with Gasteiger partial charge in [-0.3, -0.25) is 4.79 Å². The van der Waals surface area contributed by atoms with Crippen LogP contribution in [0.1, 0.15) is 64.6 Å². The van der Waals surface area contributed by atoms with Crippen molar-refractivity contribution in [2.75, 3.05) is 18.4 Å². The number of hydrogen-bond acceptors (Lipinski definition) is 4. The van der Waals surface area contributed by atoms with E-state index < -0.39 is 6.04 Å². The number of nitrogens with zero attached hydrogens (tertiary/aromatic N) is 3. The third-order valence-electron chi connectivity index (χ3n) is 6.54. The fraction of sp³-hybridized carbons (Fsp3) is 0.583. The molecule has 1 saturated heterocycles. The van der Waals surface area contributed by atoms with Gasteiger partial charge in [-0.05, 0) is 72.0 Å². The number of likely N-dealkylation sites (tertiary alicyclic amines) is 1. The van der Waals surface area contributed by atoms with Crippen LogP contribution in [-0.4, -0.2) is 45.8 Å². The van der Waals surface area contributed by atoms with Crippen molar-refractivity contribution < 1.29 is 4.79 Å². The lowest BCUT2D eigenvalue weighted by Gasteiger charge is -2.41. The van der Waals surface area contributed by atoms with Gasteiger partial charge in [0, 0.05) is 17.5 Å². The Kier molecular flexibility index (Phi) is 5.49. The van der Waals surface area contributed by atoms with Crippen molar-refractivity contribution >= 4 is 11.7 Å². The normalized spacial score (nSPS) is 20.7. The zero-order chi connectivity index (χ0) is 21.5. The van der Waals surface area contributed by atoms with Gasteiger partial charge < -0.3 is 16.0 Å². The van der Waals surface area contributed by atoms with Crippen LogP contribution in [0.4, 0.5) is 5.82 Å². The van der Waals surface area contributed by atoms with Crippen LogP contribution in [0.3, 0.4) is 0 Å². The summed E-state index contributed by atoms with van der Waals surface area (Å²) in [6.45, 7) is 10.2. The van der Waals surface area contributed by atoms with Gasteiger partial charge in [0.05, 0.1) is 17.3 Å². The van der Waals surface area contributed by atoms with Crippen molar-refractivity contribution in [2.24, 2.45) is 5.73 Å². The number of anilines is 1. The van der Waals surface area contributed by atoms with Crippen molar-refractivity contribution in [1.82, 2.24) is 14.7 Å². The monoisotopic (exact) mass is 409 g/mol. The van der Waals surface area contributed by atoms with Gasteiger partial charge in [0.25, 0.3) is 0 Å². The summed E-state index contributed by atoms with van der Waals surface area (Å²) in [5.74, 6) is 0.531. The summed E-state index contributed by atoms with van der Waals surface area (Å²) in [7, 11) is 0. The van der Waals surface area contributed by atoms with Gasteiger partial charge in [-0.1, -0.05) is 30.3 Å². The van der Waals surface area contributed by atoms with Crippen LogP contribution in [0.25, 0.3) is 0 Å². The van der Waals surface area contributed by atoms with E-state index in [2.05, 4.69) is 67.4 Å². The number of nitrogens with one attached hydrogen (secondary N) is 1. The first-order chi connectivity index (χ1) is 14.2. The highest BCUT2D eigenvalue weighted by atomic mass is 16.2. The van der Waals surface area contributed by atoms with Crippen molar-refractivity contribution in [1.29, 1.82) is 0 Å². The molecule has 1 aliphatic heterocycles. The summed E-state index contributed by atoms with van der Waals surface area (Å²) in [6, 6.07) is 13.0. The summed E-state index contributed by atoms with van der Waals surface area (Å²) >= 11 is 0. The van der Waals surface area contributed by atoms with E-state index in [-0.39, 0.29) is 16.9 Å². The second-order valence-electron chi connectivity index (χ2n) is 9.99. The molecule has 162 valence electrons. The highest BCUT2D eigenvalue weighted by molar-refractivity contribution is 5.93. The van der Waals surface area contributed by atoms with Gasteiger partial charge in [0.15, 0.2) is 0 Å². The van der Waals surface area contributed by atoms with Crippen LogP contribution in [0.5, 0.6) is 0 Å². The molecule has 6 heteroatoms. The SMILES string of the molecule is C[C@H](N)C(=O)Nc1cc(C2(c3ccccc3)CCN(C3CC3)CC2)nn1C(C)(C)C. The number of hydrogen-bond donors (Lipinski definition) is 2. The molecule has 1 aromatic heterocycles. The number of carbonyl (C=O) groups is 1. The van der Waals surface area contributed by atoms with Crippen molar-refractivity contribution in [3.8, 4) is 0 Å². The maximum atomic E-state index is 12.4. The van der Waals surface area contributed by atoms with Crippen molar-refractivity contribution in [2.45, 2.75) is 76.4 Å². The quantitative estimate of drug-likeness (QED) is 0.793. The largest absolute Gasteiger partial charge is 0.320 e. The summed E-state index contributed by atoms with van der Waals surface area (Å²) in [6.07, 6.45) is 4.75. The summed E-state index contributed by atoms with van der Waals surface area (Å²) in [5, 5.41) is 8.10. The van der Waals surface area contributed by atoms with Gasteiger partial charge >= 0.3 is 0 Å². The predicted octanol–water partition coefficient (Wildman–Crippen LogP) is 3.47. The predicted molar refractivity (Wildman–Crippen MR) is 121 cm³/mol. The molecule has 1 saturated carbocycles. The molecule has 2 aromatic rings. The molecule has 4 rings (SSSR count). The molecule has 1 aliphatic carbocycles. The first-order valence-electron chi connectivity index (χ1n) is 11.2. The minimum Gasteiger partial charge on any atom is -0.320 e. The van der Waals surface area contributed by atoms with Gasteiger partial charge in [0.2, 0.25) is 5.91 Å². The Bertz CT molecular complexity index is 884. The Hall–Kier alpha value is -2.18. The standard InChI is InChI=1S/C24H35N5O/c1-17(25)22(30)26-21-16-20(27-29(21)23(2,3)4)24(18-8-6-5-7-9-18)12-14-28(15-13-24)19-10-11-19/h5-9,16-17,19H,10-15,25H2,1-4H3,(H,26,30)/t17-/m0/s1. The Morgan fingerprint density at radius 3 is 2.37 bits per heavy atom. The maximum absolute atomic E-state index is 12.4. The molecule has 2 fully saturated rings. The minimum atomic E-state index is -0.568. The lowest BCUT2D eigenvalue weighted by molar-refractivity contribution is -0.117. The second kappa shape index (κ2) is 7.82. The minimum absolute atomic E-state index is 0.142. The molecule has 1 aromatic carbocycles. The third-order valence-corrected chi connectivity index (χ3v) is 6.54. The highest BCUT2D eigenvalue weighted by Gasteiger charge is 2.43. The maximum Gasteiger partial charge on any atom is 0.242 e. The number of amides is 1. The molecule has 1 atom stereocenters. The van der Waals surface area contributed by atoms with E-state index in [1.807, 2.05) is 4.68 Å². The zero-order valence-electron chi connectivity index (χ0n) is 18.7. The second-order valence-corrected chi connectivity index (χ2v) is 9.99. The Morgan fingerprint density at radius 1 is 1.20 bits per heavy atom. The van der Waals surface area contributed by atoms with Crippen LogP contribution in [-0.2, 0) is 15.7 Å². The molecular formula is C24H35N5O. The molecule has 0 bridgehead atoms. The van der Waals surface area contributed by atoms with Crippen LogP contribution in [0.2, 0.25) is 0 Å². The summed E-state index contributed by atoms with van der Waals surface area (Å²) in [5.41, 5.74) is 7.76. The third kappa shape index (κ3) is 4.03. The molecule has 3 N–H and O–H groups in total. The number of carbonyl (C=O) groups excluding carboxylic acids is 1. The molecule has 2 heterocycles. The van der Waals surface area contributed by atoms with E-state index in [9.17, 15) is 4.79 Å². The highest BCUT2D eigenvalue weighted by Crippen LogP contribution is 2.44. The Morgan fingerprint density at radius 2 is 1.83 bits per heavy atom. The topological polar surface area (TPSA) is 76.2 Å². The van der Waals surface area contributed by atoms with Crippen LogP contribution in [0, 0.1) is 0 Å². The summed E-state index contributed by atoms with van der Waals surface area (Å²) in [4.78, 5) is 15.0. The molecule has 0 unspecified atom stereocenters. The average molecular weight is 410 g/mol. The molecule has 1 amide bonds. The van der Waals surface area contributed by atoms with Crippen LogP contribution >= 0.6 is 0 Å². The zero-order valence-corrected chi connectivity index (χ0v) is 18.7. The van der Waals surface area contributed by atoms with Gasteiger partial charge in [-0.25, -0.2) is 4.68 Å². The van der Waals surface area contributed by atoms with Crippen molar-refractivity contribution in [3.63, 3.8) is 0 Å². The fourth-order valence-electron chi connectivity index (χ4n) is 4.62. The molecule has 6 nitrogen and oxygen atoms in total. The number of rotatable bonds is 5. The lowest BCUT2D eigenvalue weighted by atomic mass is 9.70. The average Bonchev–Trinajstić information content (AvgIpc) is 3.47. The first-order valence-corrected chi connectivity index (χ1v) is 11.2. The van der Waals surface area contributed by atoms with E-state index in [0.717, 1.165) is 43.5 Å². The molecule has 30 heavy (non-hydrogen) atoms. The molecular weight excluding hydrogens is 374 g/mol. The van der Waals surface area contributed by atoms with E-state index in [1.165, 1.54) is 18.4 Å². The van der Waals surface area contributed by atoms with E-state index >= 15 is 0 Å².